The fraction of sp³-hybridized carbons (Fsp3) is 0.300. The molecule has 1 fully saturated rings. The molecule has 1 aromatic carbocycles. The molecular weight excluding hydrogens is 287 g/mol. The maximum Gasteiger partial charge on any atom is 0.240 e. The first kappa shape index (κ1) is 11.4. The van der Waals surface area contributed by atoms with Crippen molar-refractivity contribution in [2.45, 2.75) is 11.2 Å². The van der Waals surface area contributed by atoms with Gasteiger partial charge in [-0.15, -0.1) is 0 Å². The van der Waals surface area contributed by atoms with Crippen molar-refractivity contribution in [2.75, 3.05) is 11.4 Å². The maximum atomic E-state index is 13.4. The number of carbonyl (C=O) groups excluding carboxylic acids is 1. The second-order valence-corrected chi connectivity index (χ2v) is 4.55. The summed E-state index contributed by atoms with van der Waals surface area (Å²) in [7, 11) is 0. The third kappa shape index (κ3) is 1.71. The van der Waals surface area contributed by atoms with E-state index in [1.165, 1.54) is 0 Å². The Labute approximate surface area is 98.2 Å². The molecule has 0 aromatic heterocycles. The Bertz CT molecular complexity index is 452. The van der Waals surface area contributed by atoms with Crippen molar-refractivity contribution in [3.63, 3.8) is 0 Å². The van der Waals surface area contributed by atoms with Crippen LogP contribution in [0.4, 0.5) is 18.9 Å². The summed E-state index contributed by atoms with van der Waals surface area (Å²) >= 11 is 3.12. The molecule has 0 aliphatic carbocycles. The summed E-state index contributed by atoms with van der Waals surface area (Å²) in [5.41, 5.74) is -0.217. The Balaban J connectivity index is 2.42. The van der Waals surface area contributed by atoms with Gasteiger partial charge in [-0.3, -0.25) is 4.79 Å². The Morgan fingerprint density at radius 2 is 1.94 bits per heavy atom. The Kier molecular flexibility index (Phi) is 2.92. The molecule has 1 unspecified atom stereocenters. The van der Waals surface area contributed by atoms with Gasteiger partial charge in [-0.1, -0.05) is 15.9 Å². The molecule has 16 heavy (non-hydrogen) atoms. The Morgan fingerprint density at radius 1 is 1.25 bits per heavy atom. The highest BCUT2D eigenvalue weighted by Gasteiger charge is 2.33. The molecule has 0 spiro atoms. The van der Waals surface area contributed by atoms with Crippen molar-refractivity contribution in [1.29, 1.82) is 0 Å². The lowest BCUT2D eigenvalue weighted by molar-refractivity contribution is -0.116. The van der Waals surface area contributed by atoms with Crippen LogP contribution in [-0.2, 0) is 4.79 Å². The first-order chi connectivity index (χ1) is 7.52. The molecule has 0 radical (unpaired) electrons. The highest BCUT2D eigenvalue weighted by Crippen LogP contribution is 2.29. The highest BCUT2D eigenvalue weighted by atomic mass is 79.9. The van der Waals surface area contributed by atoms with Crippen molar-refractivity contribution >= 4 is 27.5 Å². The Hall–Kier alpha value is -1.04. The van der Waals surface area contributed by atoms with Gasteiger partial charge in [0.25, 0.3) is 0 Å². The molecule has 1 atom stereocenters. The summed E-state index contributed by atoms with van der Waals surface area (Å²) in [5.74, 6) is -4.48. The van der Waals surface area contributed by atoms with Crippen molar-refractivity contribution < 1.29 is 18.0 Å². The van der Waals surface area contributed by atoms with Crippen LogP contribution in [0.15, 0.2) is 12.1 Å². The van der Waals surface area contributed by atoms with Crippen LogP contribution in [-0.4, -0.2) is 17.3 Å². The fourth-order valence-corrected chi connectivity index (χ4v) is 2.06. The van der Waals surface area contributed by atoms with Gasteiger partial charge in [0.05, 0.1) is 10.5 Å². The average molecular weight is 294 g/mol. The van der Waals surface area contributed by atoms with Gasteiger partial charge in [-0.2, -0.15) is 0 Å². The second kappa shape index (κ2) is 4.08. The predicted octanol–water partition coefficient (Wildman–Crippen LogP) is 2.60. The van der Waals surface area contributed by atoms with Gasteiger partial charge in [0, 0.05) is 6.54 Å². The van der Waals surface area contributed by atoms with E-state index in [-0.39, 0.29) is 23.0 Å². The van der Waals surface area contributed by atoms with E-state index in [2.05, 4.69) is 15.9 Å². The van der Waals surface area contributed by atoms with Gasteiger partial charge in [0.15, 0.2) is 17.5 Å². The van der Waals surface area contributed by atoms with Crippen molar-refractivity contribution in [3.05, 3.63) is 29.6 Å². The standard InChI is InChI=1S/C10H7BrF3NO/c11-5-3-4-15(10(5)16)7-2-1-6(12)8(13)9(7)14/h1-2,5H,3-4H2. The monoisotopic (exact) mass is 293 g/mol. The highest BCUT2D eigenvalue weighted by molar-refractivity contribution is 9.10. The molecule has 1 aliphatic rings. The SMILES string of the molecule is O=C1C(Br)CCN1c1ccc(F)c(F)c1F. The van der Waals surface area contributed by atoms with E-state index in [1.807, 2.05) is 0 Å². The number of nitrogens with zero attached hydrogens (tertiary/aromatic N) is 1. The van der Waals surface area contributed by atoms with Gasteiger partial charge in [0.2, 0.25) is 5.91 Å². The number of alkyl halides is 1. The number of amides is 1. The zero-order valence-electron chi connectivity index (χ0n) is 8.01. The number of hydrogen-bond donors (Lipinski definition) is 0. The first-order valence-corrected chi connectivity index (χ1v) is 5.53. The van der Waals surface area contributed by atoms with E-state index in [0.29, 0.717) is 6.42 Å². The summed E-state index contributed by atoms with van der Waals surface area (Å²) in [4.78, 5) is 12.3. The van der Waals surface area contributed by atoms with E-state index >= 15 is 0 Å². The van der Waals surface area contributed by atoms with Crippen LogP contribution in [0.3, 0.4) is 0 Å². The molecule has 1 saturated heterocycles. The summed E-state index contributed by atoms with van der Waals surface area (Å²) in [6.07, 6.45) is 0.511. The number of anilines is 1. The van der Waals surface area contributed by atoms with E-state index in [4.69, 9.17) is 0 Å². The molecule has 6 heteroatoms. The molecule has 0 N–H and O–H groups in total. The lowest BCUT2D eigenvalue weighted by Gasteiger charge is -2.16. The maximum absolute atomic E-state index is 13.4. The van der Waals surface area contributed by atoms with Gasteiger partial charge in [0.1, 0.15) is 0 Å². The average Bonchev–Trinajstić information content (AvgIpc) is 2.58. The lowest BCUT2D eigenvalue weighted by atomic mass is 10.2. The zero-order valence-corrected chi connectivity index (χ0v) is 9.60. The van der Waals surface area contributed by atoms with Gasteiger partial charge in [-0.25, -0.2) is 13.2 Å². The third-order valence-corrected chi connectivity index (χ3v) is 3.30. The van der Waals surface area contributed by atoms with Crippen LogP contribution in [0.25, 0.3) is 0 Å². The number of halogens is 4. The number of benzene rings is 1. The van der Waals surface area contributed by atoms with Crippen LogP contribution in [0.5, 0.6) is 0 Å². The minimum absolute atomic E-state index is 0.217. The number of hydrogen-bond acceptors (Lipinski definition) is 1. The predicted molar refractivity (Wildman–Crippen MR) is 56.0 cm³/mol. The minimum Gasteiger partial charge on any atom is -0.309 e. The number of rotatable bonds is 1. The largest absolute Gasteiger partial charge is 0.309 e. The minimum atomic E-state index is -1.55. The molecule has 2 rings (SSSR count). The van der Waals surface area contributed by atoms with E-state index < -0.39 is 17.5 Å². The number of carbonyl (C=O) groups is 1. The molecule has 86 valence electrons. The molecule has 1 aliphatic heterocycles. The van der Waals surface area contributed by atoms with E-state index in [0.717, 1.165) is 17.0 Å². The molecule has 1 amide bonds. The lowest BCUT2D eigenvalue weighted by Crippen LogP contribution is -2.28. The molecule has 0 bridgehead atoms. The molecule has 2 nitrogen and oxygen atoms in total. The molecular formula is C10H7BrF3NO. The smallest absolute Gasteiger partial charge is 0.240 e. The van der Waals surface area contributed by atoms with Gasteiger partial charge in [-0.05, 0) is 18.6 Å². The normalized spacial score (nSPS) is 20.6. The Morgan fingerprint density at radius 3 is 2.50 bits per heavy atom. The quantitative estimate of drug-likeness (QED) is 0.576. The molecule has 0 saturated carbocycles. The summed E-state index contributed by atoms with van der Waals surface area (Å²) < 4.78 is 39.1. The molecule has 1 heterocycles. The van der Waals surface area contributed by atoms with Crippen molar-refractivity contribution in [1.82, 2.24) is 0 Å². The zero-order chi connectivity index (χ0) is 11.9. The summed E-state index contributed by atoms with van der Waals surface area (Å²) in [5, 5.41) is 0. The van der Waals surface area contributed by atoms with Gasteiger partial charge < -0.3 is 4.90 Å². The van der Waals surface area contributed by atoms with E-state index in [9.17, 15) is 18.0 Å². The first-order valence-electron chi connectivity index (χ1n) is 4.61. The van der Waals surface area contributed by atoms with Crippen molar-refractivity contribution in [2.24, 2.45) is 0 Å². The van der Waals surface area contributed by atoms with Crippen LogP contribution in [0.1, 0.15) is 6.42 Å². The van der Waals surface area contributed by atoms with Crippen LogP contribution >= 0.6 is 15.9 Å². The second-order valence-electron chi connectivity index (χ2n) is 3.44. The molecule has 1 aromatic rings. The van der Waals surface area contributed by atoms with E-state index in [1.54, 1.807) is 0 Å². The van der Waals surface area contributed by atoms with Gasteiger partial charge >= 0.3 is 0 Å². The topological polar surface area (TPSA) is 20.3 Å². The summed E-state index contributed by atoms with van der Waals surface area (Å²) in [6.45, 7) is 0.288. The van der Waals surface area contributed by atoms with Crippen molar-refractivity contribution in [3.8, 4) is 0 Å². The fourth-order valence-electron chi connectivity index (χ4n) is 1.61. The third-order valence-electron chi connectivity index (χ3n) is 2.45. The van der Waals surface area contributed by atoms with Crippen LogP contribution in [0, 0.1) is 17.5 Å². The summed E-state index contributed by atoms with van der Waals surface area (Å²) in [6, 6.07) is 1.87. The van der Waals surface area contributed by atoms with Crippen LogP contribution < -0.4 is 4.90 Å². The van der Waals surface area contributed by atoms with Crippen LogP contribution in [0.2, 0.25) is 0 Å².